The van der Waals surface area contributed by atoms with Crippen LogP contribution in [0.15, 0.2) is 28.6 Å². The van der Waals surface area contributed by atoms with Crippen LogP contribution in [0.25, 0.3) is 5.69 Å². The molecule has 1 N–H and O–H groups in total. The Balaban J connectivity index is 1.60. The van der Waals surface area contributed by atoms with Gasteiger partial charge in [-0.25, -0.2) is 9.07 Å². The van der Waals surface area contributed by atoms with Crippen molar-refractivity contribution in [2.75, 3.05) is 5.75 Å². The Morgan fingerprint density at radius 1 is 1.52 bits per heavy atom. The lowest BCUT2D eigenvalue weighted by Crippen LogP contribution is -2.35. The predicted molar refractivity (Wildman–Crippen MR) is 93.3 cm³/mol. The zero-order chi connectivity index (χ0) is 16.4. The molecule has 1 aliphatic carbocycles. The largest absolute Gasteiger partial charge is 0.353 e. The van der Waals surface area contributed by atoms with Crippen LogP contribution in [0.1, 0.15) is 19.8 Å². The first-order valence-corrected chi connectivity index (χ1v) is 9.52. The highest BCUT2D eigenvalue weighted by atomic mass is 32.2. The monoisotopic (exact) mass is 369 g/mol. The highest BCUT2D eigenvalue weighted by Gasteiger charge is 2.28. The summed E-state index contributed by atoms with van der Waals surface area (Å²) in [5.74, 6) is 0.682. The van der Waals surface area contributed by atoms with Gasteiger partial charge < -0.3 is 5.32 Å². The van der Waals surface area contributed by atoms with Crippen molar-refractivity contribution in [1.82, 2.24) is 15.1 Å². The molecule has 0 radical (unpaired) electrons. The molecule has 23 heavy (non-hydrogen) atoms. The Bertz CT molecular complexity index is 752. The summed E-state index contributed by atoms with van der Waals surface area (Å²) in [5.41, 5.74) is 0.714. The van der Waals surface area contributed by atoms with Crippen molar-refractivity contribution >= 4 is 41.2 Å². The van der Waals surface area contributed by atoms with Crippen molar-refractivity contribution in [2.24, 2.45) is 5.92 Å². The summed E-state index contributed by atoms with van der Waals surface area (Å²) in [6.45, 7) is 2.05. The van der Waals surface area contributed by atoms with Crippen LogP contribution >= 0.6 is 35.3 Å². The number of hydrogen-bond donors (Lipinski definition) is 1. The second-order valence-electron chi connectivity index (χ2n) is 5.50. The number of amides is 1. The molecule has 0 aliphatic heterocycles. The van der Waals surface area contributed by atoms with Gasteiger partial charge in [0.1, 0.15) is 5.82 Å². The van der Waals surface area contributed by atoms with Crippen LogP contribution in [0.5, 0.6) is 0 Å². The molecule has 122 valence electrons. The Morgan fingerprint density at radius 3 is 2.87 bits per heavy atom. The maximum absolute atomic E-state index is 13.0. The van der Waals surface area contributed by atoms with Crippen LogP contribution in [0.2, 0.25) is 0 Å². The molecule has 8 heteroatoms. The van der Waals surface area contributed by atoms with Gasteiger partial charge in [-0.15, -0.1) is 5.10 Å². The highest BCUT2D eigenvalue weighted by molar-refractivity contribution is 8.01. The fourth-order valence-electron chi connectivity index (χ4n) is 2.20. The van der Waals surface area contributed by atoms with E-state index in [1.807, 2.05) is 6.92 Å². The van der Waals surface area contributed by atoms with E-state index in [9.17, 15) is 9.18 Å². The number of nitrogens with one attached hydrogen (secondary N) is 1. The first kappa shape index (κ1) is 16.6. The van der Waals surface area contributed by atoms with Gasteiger partial charge in [-0.1, -0.05) is 23.1 Å². The minimum absolute atomic E-state index is 0.0175. The Labute approximate surface area is 147 Å². The fourth-order valence-corrected chi connectivity index (χ4v) is 4.37. The van der Waals surface area contributed by atoms with Crippen molar-refractivity contribution in [2.45, 2.75) is 30.1 Å². The van der Waals surface area contributed by atoms with Gasteiger partial charge in [-0.2, -0.15) is 0 Å². The van der Waals surface area contributed by atoms with Crippen LogP contribution in [-0.2, 0) is 4.79 Å². The van der Waals surface area contributed by atoms with Crippen LogP contribution < -0.4 is 5.32 Å². The first-order valence-electron chi connectivity index (χ1n) is 7.31. The Hall–Kier alpha value is -1.25. The van der Waals surface area contributed by atoms with Gasteiger partial charge in [0.15, 0.2) is 8.29 Å². The molecule has 1 aromatic carbocycles. The molecule has 3 rings (SSSR count). The zero-order valence-electron chi connectivity index (χ0n) is 12.5. The molecule has 0 bridgehead atoms. The number of carbonyl (C=O) groups excluding carboxylic acids is 1. The summed E-state index contributed by atoms with van der Waals surface area (Å²) in [7, 11) is 0. The molecule has 1 saturated carbocycles. The number of rotatable bonds is 6. The molecule has 0 spiro atoms. The van der Waals surface area contributed by atoms with Gasteiger partial charge in [0.25, 0.3) is 0 Å². The number of nitrogens with zero attached hydrogens (tertiary/aromatic N) is 2. The zero-order valence-corrected chi connectivity index (χ0v) is 14.9. The van der Waals surface area contributed by atoms with Gasteiger partial charge >= 0.3 is 0 Å². The molecule has 4 nitrogen and oxygen atoms in total. The number of hydrogen-bond acceptors (Lipinski definition) is 5. The summed E-state index contributed by atoms with van der Waals surface area (Å²) in [5, 5.41) is 7.41. The molecule has 1 heterocycles. The number of thioether (sulfide) groups is 1. The van der Waals surface area contributed by atoms with E-state index in [2.05, 4.69) is 10.4 Å². The van der Waals surface area contributed by atoms with Crippen molar-refractivity contribution in [1.29, 1.82) is 0 Å². The quantitative estimate of drug-likeness (QED) is 0.621. The second kappa shape index (κ2) is 7.11. The van der Waals surface area contributed by atoms with E-state index in [1.54, 1.807) is 16.8 Å². The van der Waals surface area contributed by atoms with Crippen molar-refractivity contribution in [3.63, 3.8) is 0 Å². The molecule has 0 unspecified atom stereocenters. The van der Waals surface area contributed by atoms with Crippen molar-refractivity contribution in [3.8, 4) is 5.69 Å². The topological polar surface area (TPSA) is 46.9 Å². The second-order valence-corrected chi connectivity index (χ2v) is 8.35. The van der Waals surface area contributed by atoms with Crippen molar-refractivity contribution < 1.29 is 9.18 Å². The number of benzene rings is 1. The average molecular weight is 370 g/mol. The van der Waals surface area contributed by atoms with E-state index < -0.39 is 0 Å². The third-order valence-electron chi connectivity index (χ3n) is 3.64. The molecular formula is C15H16FN3OS3. The molecule has 1 amide bonds. The van der Waals surface area contributed by atoms with Gasteiger partial charge in [0.2, 0.25) is 5.91 Å². The summed E-state index contributed by atoms with van der Waals surface area (Å²) in [6.07, 6.45) is 2.41. The lowest BCUT2D eigenvalue weighted by atomic mass is 10.2. The standard InChI is InChI=1S/C15H16FN3OS3/c1-9(10-2-3-10)17-13(20)8-22-14-18-19(15(21)23-14)12-6-4-11(16)5-7-12/h4-7,9-10H,2-3,8H2,1H3,(H,17,20)/t9-/m1/s1. The summed E-state index contributed by atoms with van der Waals surface area (Å²) in [4.78, 5) is 11.9. The molecule has 0 saturated heterocycles. The van der Waals surface area contributed by atoms with E-state index in [0.29, 0.717) is 21.3 Å². The molecule has 1 aliphatic rings. The first-order chi connectivity index (χ1) is 11.0. The minimum Gasteiger partial charge on any atom is -0.353 e. The van der Waals surface area contributed by atoms with E-state index in [-0.39, 0.29) is 17.8 Å². The molecule has 1 aromatic heterocycles. The van der Waals surface area contributed by atoms with E-state index in [4.69, 9.17) is 12.2 Å². The van der Waals surface area contributed by atoms with E-state index >= 15 is 0 Å². The predicted octanol–water partition coefficient (Wildman–Crippen LogP) is 3.81. The minimum atomic E-state index is -0.299. The van der Waals surface area contributed by atoms with Gasteiger partial charge in [-0.05, 0) is 62.2 Å². The van der Waals surface area contributed by atoms with E-state index in [0.717, 1.165) is 4.34 Å². The molecule has 1 fully saturated rings. The SMILES string of the molecule is C[C@@H](NC(=O)CSc1nn(-c2ccc(F)cc2)c(=S)s1)C1CC1. The average Bonchev–Trinajstić information content (AvgIpc) is 3.30. The summed E-state index contributed by atoms with van der Waals surface area (Å²) in [6, 6.07) is 6.25. The Morgan fingerprint density at radius 2 is 2.22 bits per heavy atom. The highest BCUT2D eigenvalue weighted by Crippen LogP contribution is 2.32. The van der Waals surface area contributed by atoms with Crippen LogP contribution in [0, 0.1) is 15.7 Å². The third kappa shape index (κ3) is 4.39. The van der Waals surface area contributed by atoms with Gasteiger partial charge in [0, 0.05) is 6.04 Å². The maximum atomic E-state index is 13.0. The molecule has 2 aromatic rings. The van der Waals surface area contributed by atoms with Gasteiger partial charge in [-0.3, -0.25) is 4.79 Å². The van der Waals surface area contributed by atoms with Crippen LogP contribution in [-0.4, -0.2) is 27.5 Å². The number of aromatic nitrogens is 2. The van der Waals surface area contributed by atoms with Crippen LogP contribution in [0.3, 0.4) is 0 Å². The third-order valence-corrected chi connectivity index (χ3v) is 6.01. The summed E-state index contributed by atoms with van der Waals surface area (Å²) < 4.78 is 15.9. The lowest BCUT2D eigenvalue weighted by molar-refractivity contribution is -0.119. The molecular weight excluding hydrogens is 353 g/mol. The smallest absolute Gasteiger partial charge is 0.230 e. The fraction of sp³-hybridized carbons (Fsp3) is 0.400. The van der Waals surface area contributed by atoms with E-state index in [1.165, 1.54) is 48.1 Å². The normalized spacial score (nSPS) is 15.4. The maximum Gasteiger partial charge on any atom is 0.230 e. The lowest BCUT2D eigenvalue weighted by Gasteiger charge is -2.11. The number of carbonyl (C=O) groups is 1. The Kier molecular flexibility index (Phi) is 5.13. The molecule has 1 atom stereocenters. The van der Waals surface area contributed by atoms with Crippen molar-refractivity contribution in [3.05, 3.63) is 34.0 Å². The summed E-state index contributed by atoms with van der Waals surface area (Å²) >= 11 is 8.01. The number of halogens is 1. The van der Waals surface area contributed by atoms with Gasteiger partial charge in [0.05, 0.1) is 11.4 Å². The van der Waals surface area contributed by atoms with Crippen LogP contribution in [0.4, 0.5) is 4.39 Å².